The topological polar surface area (TPSA) is 41.1 Å². The molecule has 21 heavy (non-hydrogen) atoms. The number of hydrogen-bond donors (Lipinski definition) is 2. The zero-order valence-corrected chi connectivity index (χ0v) is 14.5. The molecule has 0 aliphatic carbocycles. The van der Waals surface area contributed by atoms with E-state index in [2.05, 4.69) is 76.5 Å². The van der Waals surface area contributed by atoms with E-state index in [1.807, 2.05) is 6.07 Å². The molecule has 0 saturated heterocycles. The fourth-order valence-corrected chi connectivity index (χ4v) is 3.41. The summed E-state index contributed by atoms with van der Waals surface area (Å²) in [7, 11) is 0. The van der Waals surface area contributed by atoms with E-state index in [1.54, 1.807) is 11.8 Å². The van der Waals surface area contributed by atoms with Crippen LogP contribution in [0.5, 0.6) is 0 Å². The number of amides is 1. The molecule has 0 fully saturated rings. The predicted molar refractivity (Wildman–Crippen MR) is 97.0 cm³/mol. The first-order valence-electron chi connectivity index (χ1n) is 6.70. The van der Waals surface area contributed by atoms with Gasteiger partial charge >= 0.3 is 0 Å². The van der Waals surface area contributed by atoms with Crippen LogP contribution in [-0.4, -0.2) is 11.7 Å². The van der Waals surface area contributed by atoms with Crippen molar-refractivity contribution in [3.63, 3.8) is 0 Å². The summed E-state index contributed by atoms with van der Waals surface area (Å²) < 4.78 is 1.23. The average Bonchev–Trinajstić information content (AvgIpc) is 2.47. The lowest BCUT2D eigenvalue weighted by molar-refractivity contribution is -0.113. The van der Waals surface area contributed by atoms with Crippen LogP contribution in [0.1, 0.15) is 18.5 Å². The number of benzene rings is 2. The molecule has 2 aromatic carbocycles. The molecule has 3 nitrogen and oxygen atoms in total. The summed E-state index contributed by atoms with van der Waals surface area (Å²) in [4.78, 5) is 12.6. The van der Waals surface area contributed by atoms with Gasteiger partial charge in [0.15, 0.2) is 0 Å². The Labute approximate surface area is 142 Å². The molecule has 1 unspecified atom stereocenters. The molecule has 2 aromatic rings. The van der Waals surface area contributed by atoms with Gasteiger partial charge in [-0.15, -0.1) is 11.8 Å². The van der Waals surface area contributed by atoms with Crippen molar-refractivity contribution in [3.8, 4) is 0 Å². The molecule has 1 aliphatic rings. The van der Waals surface area contributed by atoms with E-state index in [1.165, 1.54) is 9.13 Å². The molecule has 1 aliphatic heterocycles. The van der Waals surface area contributed by atoms with Gasteiger partial charge in [0.1, 0.15) is 0 Å². The van der Waals surface area contributed by atoms with Gasteiger partial charge in [0.05, 0.1) is 11.4 Å². The van der Waals surface area contributed by atoms with Crippen molar-refractivity contribution in [3.05, 3.63) is 51.6 Å². The van der Waals surface area contributed by atoms with Crippen LogP contribution in [0.3, 0.4) is 0 Å². The van der Waals surface area contributed by atoms with Crippen LogP contribution in [0, 0.1) is 3.57 Å². The number of halogens is 1. The minimum Gasteiger partial charge on any atom is -0.378 e. The summed E-state index contributed by atoms with van der Waals surface area (Å²) in [6, 6.07) is 14.8. The number of fused-ring (bicyclic) bond motifs is 1. The lowest BCUT2D eigenvalue weighted by Crippen LogP contribution is -2.18. The van der Waals surface area contributed by atoms with E-state index in [9.17, 15) is 4.79 Å². The van der Waals surface area contributed by atoms with Gasteiger partial charge in [-0.05, 0) is 65.4 Å². The van der Waals surface area contributed by atoms with E-state index in [0.29, 0.717) is 5.75 Å². The average molecular weight is 410 g/mol. The van der Waals surface area contributed by atoms with E-state index in [0.717, 1.165) is 16.3 Å². The molecule has 0 spiro atoms. The third-order valence-electron chi connectivity index (χ3n) is 3.37. The van der Waals surface area contributed by atoms with Gasteiger partial charge in [-0.1, -0.05) is 12.1 Å². The molecule has 2 N–H and O–H groups in total. The van der Waals surface area contributed by atoms with Crippen LogP contribution in [-0.2, 0) is 4.79 Å². The molecule has 1 amide bonds. The zero-order chi connectivity index (χ0) is 14.8. The molecule has 0 radical (unpaired) electrons. The van der Waals surface area contributed by atoms with E-state index in [-0.39, 0.29) is 11.9 Å². The van der Waals surface area contributed by atoms with Crippen LogP contribution in [0.2, 0.25) is 0 Å². The second-order valence-corrected chi connectivity index (χ2v) is 7.23. The number of hydrogen-bond acceptors (Lipinski definition) is 3. The normalized spacial score (nSPS) is 15.0. The fraction of sp³-hybridized carbons (Fsp3) is 0.188. The molecule has 0 bridgehead atoms. The van der Waals surface area contributed by atoms with Crippen molar-refractivity contribution >= 4 is 51.6 Å². The molecular weight excluding hydrogens is 395 g/mol. The Morgan fingerprint density at radius 3 is 2.76 bits per heavy atom. The third kappa shape index (κ3) is 3.52. The van der Waals surface area contributed by atoms with Crippen LogP contribution >= 0.6 is 34.4 Å². The Balaban J connectivity index is 1.77. The van der Waals surface area contributed by atoms with Crippen molar-refractivity contribution in [1.29, 1.82) is 0 Å². The van der Waals surface area contributed by atoms with E-state index < -0.39 is 0 Å². The van der Waals surface area contributed by atoms with Gasteiger partial charge < -0.3 is 10.6 Å². The minimum atomic E-state index is 0.0651. The van der Waals surface area contributed by atoms with E-state index in [4.69, 9.17) is 0 Å². The Morgan fingerprint density at radius 2 is 2.00 bits per heavy atom. The summed E-state index contributed by atoms with van der Waals surface area (Å²) in [5.41, 5.74) is 3.16. The van der Waals surface area contributed by atoms with Gasteiger partial charge in [0.2, 0.25) is 5.91 Å². The standard InChI is InChI=1S/C16H15IN2OS/c1-10(11-2-4-12(17)5-3-11)18-13-6-7-15-14(8-13)19-16(20)9-21-15/h2-8,10,18H,9H2,1H3,(H,19,20). The SMILES string of the molecule is CC(Nc1ccc2c(c1)NC(=O)CS2)c1ccc(I)cc1. The highest BCUT2D eigenvalue weighted by Crippen LogP contribution is 2.34. The van der Waals surface area contributed by atoms with Crippen molar-refractivity contribution in [1.82, 2.24) is 0 Å². The Hall–Kier alpha value is -1.21. The smallest absolute Gasteiger partial charge is 0.234 e. The third-order valence-corrected chi connectivity index (χ3v) is 5.16. The molecular formula is C16H15IN2OS. The summed E-state index contributed by atoms with van der Waals surface area (Å²) in [6.07, 6.45) is 0. The number of carbonyl (C=O) groups is 1. The highest BCUT2D eigenvalue weighted by Gasteiger charge is 2.16. The quantitative estimate of drug-likeness (QED) is 0.732. The summed E-state index contributed by atoms with van der Waals surface area (Å²) >= 11 is 3.89. The minimum absolute atomic E-state index is 0.0651. The maximum absolute atomic E-state index is 11.5. The molecule has 0 saturated carbocycles. The van der Waals surface area contributed by atoms with Gasteiger partial charge in [0.25, 0.3) is 0 Å². The highest BCUT2D eigenvalue weighted by atomic mass is 127. The Morgan fingerprint density at radius 1 is 1.24 bits per heavy atom. The van der Waals surface area contributed by atoms with E-state index >= 15 is 0 Å². The molecule has 5 heteroatoms. The summed E-state index contributed by atoms with van der Waals surface area (Å²) in [6.45, 7) is 2.13. The monoisotopic (exact) mass is 410 g/mol. The highest BCUT2D eigenvalue weighted by molar-refractivity contribution is 14.1. The number of carbonyl (C=O) groups excluding carboxylic acids is 1. The number of thioether (sulfide) groups is 1. The number of anilines is 2. The second kappa shape index (κ2) is 6.27. The lowest BCUT2D eigenvalue weighted by atomic mass is 10.1. The molecule has 3 rings (SSSR count). The maximum atomic E-state index is 11.5. The van der Waals surface area contributed by atoms with Gasteiger partial charge in [-0.3, -0.25) is 4.79 Å². The van der Waals surface area contributed by atoms with Crippen molar-refractivity contribution < 1.29 is 4.79 Å². The Bertz CT molecular complexity index is 672. The van der Waals surface area contributed by atoms with Crippen molar-refractivity contribution in [2.75, 3.05) is 16.4 Å². The first-order chi connectivity index (χ1) is 10.1. The molecule has 108 valence electrons. The van der Waals surface area contributed by atoms with Gasteiger partial charge in [-0.25, -0.2) is 0 Å². The van der Waals surface area contributed by atoms with Crippen LogP contribution in [0.25, 0.3) is 0 Å². The fourth-order valence-electron chi connectivity index (χ4n) is 2.26. The zero-order valence-electron chi connectivity index (χ0n) is 11.5. The lowest BCUT2D eigenvalue weighted by Gasteiger charge is -2.20. The largest absolute Gasteiger partial charge is 0.378 e. The van der Waals surface area contributed by atoms with Crippen LogP contribution < -0.4 is 10.6 Å². The first kappa shape index (κ1) is 14.7. The summed E-state index contributed by atoms with van der Waals surface area (Å²) in [5, 5.41) is 6.40. The van der Waals surface area contributed by atoms with Gasteiger partial charge in [-0.2, -0.15) is 0 Å². The summed E-state index contributed by atoms with van der Waals surface area (Å²) in [5.74, 6) is 0.564. The number of rotatable bonds is 3. The van der Waals surface area contributed by atoms with Crippen LogP contribution in [0.4, 0.5) is 11.4 Å². The first-order valence-corrected chi connectivity index (χ1v) is 8.77. The molecule has 0 aromatic heterocycles. The van der Waals surface area contributed by atoms with Gasteiger partial charge in [0, 0.05) is 20.2 Å². The Kier molecular flexibility index (Phi) is 4.40. The molecule has 1 atom stereocenters. The second-order valence-electron chi connectivity index (χ2n) is 4.97. The van der Waals surface area contributed by atoms with Crippen molar-refractivity contribution in [2.24, 2.45) is 0 Å². The maximum Gasteiger partial charge on any atom is 0.234 e. The molecule has 1 heterocycles. The predicted octanol–water partition coefficient (Wildman–Crippen LogP) is 4.51. The van der Waals surface area contributed by atoms with Crippen LogP contribution in [0.15, 0.2) is 47.4 Å². The number of nitrogens with one attached hydrogen (secondary N) is 2. The van der Waals surface area contributed by atoms with Crippen molar-refractivity contribution in [2.45, 2.75) is 17.9 Å².